The van der Waals surface area contributed by atoms with Crippen LogP contribution in [0.15, 0.2) is 41.1 Å². The number of rotatable bonds is 3. The molecule has 1 aromatic carbocycles. The third-order valence-corrected chi connectivity index (χ3v) is 3.59. The van der Waals surface area contributed by atoms with Gasteiger partial charge in [0.1, 0.15) is 11.4 Å². The average molecular weight is 313 g/mol. The van der Waals surface area contributed by atoms with E-state index in [9.17, 15) is 4.79 Å². The normalized spacial score (nSPS) is 22.4. The fourth-order valence-corrected chi connectivity index (χ4v) is 2.39. The Kier molecular flexibility index (Phi) is 4.23. The van der Waals surface area contributed by atoms with Gasteiger partial charge in [0.15, 0.2) is 5.76 Å². The molecule has 1 aliphatic rings. The topological polar surface area (TPSA) is 35.5 Å². The molecule has 0 saturated heterocycles. The van der Waals surface area contributed by atoms with E-state index in [-0.39, 0.29) is 10.8 Å². The molecule has 20 heavy (non-hydrogen) atoms. The molecule has 1 atom stereocenters. The molecule has 0 amide bonds. The van der Waals surface area contributed by atoms with Crippen molar-refractivity contribution in [3.05, 3.63) is 51.7 Å². The first-order valence-electron chi connectivity index (χ1n) is 6.00. The van der Waals surface area contributed by atoms with Gasteiger partial charge in [-0.25, -0.2) is 0 Å². The Labute approximate surface area is 127 Å². The molecule has 0 heterocycles. The summed E-state index contributed by atoms with van der Waals surface area (Å²) >= 11 is 12.0. The molecule has 0 fully saturated rings. The van der Waals surface area contributed by atoms with Crippen molar-refractivity contribution < 1.29 is 14.3 Å². The molecule has 0 saturated carbocycles. The first kappa shape index (κ1) is 15.1. The van der Waals surface area contributed by atoms with Crippen LogP contribution in [0.1, 0.15) is 12.5 Å². The molecule has 106 valence electrons. The Morgan fingerprint density at radius 1 is 1.20 bits per heavy atom. The Balaban J connectivity index is 2.34. The number of Topliss-reactive ketones (excluding diaryl/α,β-unsaturated/α-hetero) is 1. The second kappa shape index (κ2) is 5.60. The van der Waals surface area contributed by atoms with E-state index < -0.39 is 11.4 Å². The Hall–Kier alpha value is -1.29. The van der Waals surface area contributed by atoms with Crippen LogP contribution in [0.4, 0.5) is 0 Å². The van der Waals surface area contributed by atoms with Gasteiger partial charge in [-0.05, 0) is 43.7 Å². The summed E-state index contributed by atoms with van der Waals surface area (Å²) in [7, 11) is 1.53. The predicted octanol–water partition coefficient (Wildman–Crippen LogP) is 4.02. The highest BCUT2D eigenvalue weighted by molar-refractivity contribution is 6.45. The number of benzene rings is 1. The summed E-state index contributed by atoms with van der Waals surface area (Å²) in [5.41, 5.74) is 0.225. The molecule has 2 rings (SSSR count). The number of halogens is 2. The van der Waals surface area contributed by atoms with Crippen LogP contribution in [-0.2, 0) is 9.53 Å². The van der Waals surface area contributed by atoms with Crippen molar-refractivity contribution >= 4 is 29.0 Å². The Morgan fingerprint density at radius 2 is 1.90 bits per heavy atom. The van der Waals surface area contributed by atoms with Gasteiger partial charge in [-0.2, -0.15) is 0 Å². The van der Waals surface area contributed by atoms with Crippen molar-refractivity contribution in [3.8, 4) is 5.75 Å². The fraction of sp³-hybridized carbons (Fsp3) is 0.267. The van der Waals surface area contributed by atoms with Gasteiger partial charge in [0, 0.05) is 7.11 Å². The Morgan fingerprint density at radius 3 is 2.50 bits per heavy atom. The van der Waals surface area contributed by atoms with Crippen molar-refractivity contribution in [2.24, 2.45) is 0 Å². The SMILES string of the molecule is COC1(C)C=C(Cl)C(=O)C(Oc2ccc(C)cc2Cl)=C1. The molecule has 0 spiro atoms. The second-order valence-corrected chi connectivity index (χ2v) is 5.57. The number of ether oxygens (including phenoxy) is 2. The minimum atomic E-state index is -0.780. The van der Waals surface area contributed by atoms with Crippen molar-refractivity contribution in [1.82, 2.24) is 0 Å². The first-order chi connectivity index (χ1) is 9.34. The van der Waals surface area contributed by atoms with Crippen LogP contribution < -0.4 is 4.74 Å². The lowest BCUT2D eigenvalue weighted by molar-refractivity contribution is -0.114. The number of ketones is 1. The van der Waals surface area contributed by atoms with Crippen molar-refractivity contribution in [1.29, 1.82) is 0 Å². The van der Waals surface area contributed by atoms with Crippen molar-refractivity contribution in [2.45, 2.75) is 19.4 Å². The minimum absolute atomic E-state index is 0.0649. The zero-order chi connectivity index (χ0) is 14.9. The first-order valence-corrected chi connectivity index (χ1v) is 6.75. The number of allylic oxidation sites excluding steroid dienone is 1. The van der Waals surface area contributed by atoms with E-state index in [1.165, 1.54) is 7.11 Å². The number of aryl methyl sites for hydroxylation is 1. The summed E-state index contributed by atoms with van der Waals surface area (Å²) in [6.45, 7) is 3.70. The van der Waals surface area contributed by atoms with Gasteiger partial charge in [-0.3, -0.25) is 4.79 Å². The maximum Gasteiger partial charge on any atom is 0.239 e. The molecule has 1 aromatic rings. The van der Waals surface area contributed by atoms with Gasteiger partial charge in [-0.1, -0.05) is 29.3 Å². The van der Waals surface area contributed by atoms with Crippen molar-refractivity contribution in [2.75, 3.05) is 7.11 Å². The summed E-state index contributed by atoms with van der Waals surface area (Å²) in [6, 6.07) is 5.32. The molecule has 5 heteroatoms. The van der Waals surface area contributed by atoms with E-state index in [0.717, 1.165) is 5.56 Å². The third kappa shape index (κ3) is 3.06. The molecule has 0 radical (unpaired) electrons. The minimum Gasteiger partial charge on any atom is -0.452 e. The average Bonchev–Trinajstić information content (AvgIpc) is 2.38. The highest BCUT2D eigenvalue weighted by Gasteiger charge is 2.31. The van der Waals surface area contributed by atoms with E-state index in [0.29, 0.717) is 10.8 Å². The van der Waals surface area contributed by atoms with E-state index in [4.69, 9.17) is 32.7 Å². The molecule has 0 N–H and O–H groups in total. The predicted molar refractivity (Wildman–Crippen MR) is 79.3 cm³/mol. The van der Waals surface area contributed by atoms with E-state index in [1.807, 2.05) is 13.0 Å². The largest absolute Gasteiger partial charge is 0.452 e. The summed E-state index contributed by atoms with van der Waals surface area (Å²) in [5, 5.41) is 0.499. The summed E-state index contributed by atoms with van der Waals surface area (Å²) in [5.74, 6) is 0.118. The molecule has 3 nitrogen and oxygen atoms in total. The maximum absolute atomic E-state index is 12.0. The number of carbonyl (C=O) groups excluding carboxylic acids is 1. The molecular formula is C15H14Cl2O3. The monoisotopic (exact) mass is 312 g/mol. The molecule has 0 aromatic heterocycles. The number of hydrogen-bond acceptors (Lipinski definition) is 3. The summed E-state index contributed by atoms with van der Waals surface area (Å²) < 4.78 is 10.9. The van der Waals surface area contributed by atoms with Crippen LogP contribution in [0.3, 0.4) is 0 Å². The Bertz CT molecular complexity index is 620. The van der Waals surface area contributed by atoms with Crippen LogP contribution in [0.2, 0.25) is 5.02 Å². The number of methoxy groups -OCH3 is 1. The number of carbonyl (C=O) groups is 1. The van der Waals surface area contributed by atoms with Crippen LogP contribution in [0, 0.1) is 6.92 Å². The smallest absolute Gasteiger partial charge is 0.239 e. The second-order valence-electron chi connectivity index (χ2n) is 4.75. The zero-order valence-electron chi connectivity index (χ0n) is 11.4. The standard InChI is InChI=1S/C15H14Cl2O3/c1-9-4-5-12(10(16)6-9)20-13-8-15(2,19-3)7-11(17)14(13)18/h4-8H,1-3H3. The highest BCUT2D eigenvalue weighted by atomic mass is 35.5. The van der Waals surface area contributed by atoms with Gasteiger partial charge in [-0.15, -0.1) is 0 Å². The van der Waals surface area contributed by atoms with E-state index in [1.54, 1.807) is 31.2 Å². The lowest BCUT2D eigenvalue weighted by Crippen LogP contribution is -2.29. The van der Waals surface area contributed by atoms with Crippen LogP contribution in [0.5, 0.6) is 5.75 Å². The molecular weight excluding hydrogens is 299 g/mol. The molecule has 0 bridgehead atoms. The number of hydrogen-bond donors (Lipinski definition) is 0. The van der Waals surface area contributed by atoms with Gasteiger partial charge >= 0.3 is 0 Å². The van der Waals surface area contributed by atoms with Gasteiger partial charge in [0.2, 0.25) is 5.78 Å². The molecule has 1 unspecified atom stereocenters. The summed E-state index contributed by atoms with van der Waals surface area (Å²) in [4.78, 5) is 12.0. The van der Waals surface area contributed by atoms with Crippen LogP contribution >= 0.6 is 23.2 Å². The summed E-state index contributed by atoms with van der Waals surface area (Å²) in [6.07, 6.45) is 3.12. The quantitative estimate of drug-likeness (QED) is 0.845. The van der Waals surface area contributed by atoms with Crippen molar-refractivity contribution in [3.63, 3.8) is 0 Å². The zero-order valence-corrected chi connectivity index (χ0v) is 12.9. The third-order valence-electron chi connectivity index (χ3n) is 3.02. The van der Waals surface area contributed by atoms with Gasteiger partial charge in [0.05, 0.1) is 10.1 Å². The molecule has 1 aliphatic carbocycles. The van der Waals surface area contributed by atoms with E-state index in [2.05, 4.69) is 0 Å². The fourth-order valence-electron chi connectivity index (χ4n) is 1.80. The van der Waals surface area contributed by atoms with E-state index >= 15 is 0 Å². The lowest BCUT2D eigenvalue weighted by Gasteiger charge is -2.25. The highest BCUT2D eigenvalue weighted by Crippen LogP contribution is 2.32. The maximum atomic E-state index is 12.0. The lowest BCUT2D eigenvalue weighted by atomic mass is 9.98. The van der Waals surface area contributed by atoms with Gasteiger partial charge in [0.25, 0.3) is 0 Å². The van der Waals surface area contributed by atoms with Crippen LogP contribution in [0.25, 0.3) is 0 Å². The van der Waals surface area contributed by atoms with Gasteiger partial charge < -0.3 is 9.47 Å². The molecule has 0 aliphatic heterocycles. The van der Waals surface area contributed by atoms with Crippen LogP contribution in [-0.4, -0.2) is 18.5 Å².